The van der Waals surface area contributed by atoms with Gasteiger partial charge in [-0.05, 0) is 18.9 Å². The van der Waals surface area contributed by atoms with E-state index in [4.69, 9.17) is 23.2 Å². The Kier molecular flexibility index (Phi) is 4.98. The molecule has 0 aromatic heterocycles. The lowest BCUT2D eigenvalue weighted by Crippen LogP contribution is -2.31. The van der Waals surface area contributed by atoms with Gasteiger partial charge in [0.15, 0.2) is 0 Å². The zero-order valence-electron chi connectivity index (χ0n) is 8.95. The Balaban J connectivity index is 1.82. The molecule has 1 aliphatic rings. The molecule has 0 heterocycles. The van der Waals surface area contributed by atoms with Crippen LogP contribution in [0.2, 0.25) is 0 Å². The molecule has 0 radical (unpaired) electrons. The number of rotatable bonds is 7. The molecule has 1 unspecified atom stereocenters. The van der Waals surface area contributed by atoms with Crippen molar-refractivity contribution in [2.75, 3.05) is 26.2 Å². The van der Waals surface area contributed by atoms with Crippen molar-refractivity contribution < 1.29 is 0 Å². The van der Waals surface area contributed by atoms with Gasteiger partial charge in [-0.3, -0.25) is 0 Å². The smallest absolute Gasteiger partial charge is 0.122 e. The summed E-state index contributed by atoms with van der Waals surface area (Å²) in [7, 11) is 0. The number of alkyl halides is 2. The molecule has 1 aliphatic carbocycles. The number of halogens is 2. The summed E-state index contributed by atoms with van der Waals surface area (Å²) in [5, 5.41) is 6.72. The van der Waals surface area contributed by atoms with Crippen LogP contribution in [0, 0.1) is 11.8 Å². The molecule has 1 fully saturated rings. The van der Waals surface area contributed by atoms with Crippen molar-refractivity contribution in [2.45, 2.75) is 24.6 Å². The third kappa shape index (κ3) is 4.83. The van der Waals surface area contributed by atoms with Crippen molar-refractivity contribution >= 4 is 23.2 Å². The molecule has 0 aromatic carbocycles. The molecule has 1 saturated carbocycles. The van der Waals surface area contributed by atoms with Gasteiger partial charge in [0.1, 0.15) is 4.33 Å². The minimum Gasteiger partial charge on any atom is -0.315 e. The highest BCUT2D eigenvalue weighted by molar-refractivity contribution is 6.50. The van der Waals surface area contributed by atoms with E-state index in [0.717, 1.165) is 38.5 Å². The monoisotopic (exact) mass is 238 g/mol. The molecule has 0 bridgehead atoms. The molecule has 0 spiro atoms. The third-order valence-electron chi connectivity index (χ3n) is 2.38. The van der Waals surface area contributed by atoms with E-state index in [2.05, 4.69) is 24.5 Å². The SMILES string of the molecule is CC(C)CNCCNCC1CC1(Cl)Cl. The summed E-state index contributed by atoms with van der Waals surface area (Å²) in [6, 6.07) is 0. The summed E-state index contributed by atoms with van der Waals surface area (Å²) in [6.07, 6.45) is 0.933. The van der Waals surface area contributed by atoms with E-state index in [1.54, 1.807) is 0 Å². The molecule has 4 heteroatoms. The van der Waals surface area contributed by atoms with Gasteiger partial charge in [0.2, 0.25) is 0 Å². The van der Waals surface area contributed by atoms with E-state index in [-0.39, 0.29) is 0 Å². The molecule has 2 N–H and O–H groups in total. The second-order valence-corrected chi connectivity index (χ2v) is 6.01. The standard InChI is InChI=1S/C10H20Cl2N2/c1-8(2)6-13-3-4-14-7-9-5-10(9,11)12/h8-9,13-14H,3-7H2,1-2H3. The van der Waals surface area contributed by atoms with Crippen LogP contribution in [0.4, 0.5) is 0 Å². The Morgan fingerprint density at radius 3 is 2.36 bits per heavy atom. The van der Waals surface area contributed by atoms with Crippen LogP contribution in [-0.4, -0.2) is 30.5 Å². The van der Waals surface area contributed by atoms with Crippen molar-refractivity contribution in [3.05, 3.63) is 0 Å². The van der Waals surface area contributed by atoms with Gasteiger partial charge in [0.25, 0.3) is 0 Å². The normalized spacial score (nSPS) is 24.2. The average molecular weight is 239 g/mol. The maximum atomic E-state index is 5.90. The zero-order valence-corrected chi connectivity index (χ0v) is 10.5. The van der Waals surface area contributed by atoms with Crippen LogP contribution in [0.1, 0.15) is 20.3 Å². The van der Waals surface area contributed by atoms with E-state index in [9.17, 15) is 0 Å². The Morgan fingerprint density at radius 2 is 1.86 bits per heavy atom. The fourth-order valence-corrected chi connectivity index (χ4v) is 1.86. The minimum atomic E-state index is -0.432. The summed E-state index contributed by atoms with van der Waals surface area (Å²) in [5.41, 5.74) is 0. The van der Waals surface area contributed by atoms with Crippen molar-refractivity contribution in [1.82, 2.24) is 10.6 Å². The summed E-state index contributed by atoms with van der Waals surface area (Å²) < 4.78 is -0.432. The highest BCUT2D eigenvalue weighted by Gasteiger charge is 2.50. The van der Waals surface area contributed by atoms with Gasteiger partial charge in [0, 0.05) is 25.6 Å². The van der Waals surface area contributed by atoms with Crippen LogP contribution < -0.4 is 10.6 Å². The zero-order chi connectivity index (χ0) is 10.6. The summed E-state index contributed by atoms with van der Waals surface area (Å²) >= 11 is 11.8. The van der Waals surface area contributed by atoms with Crippen LogP contribution in [0.3, 0.4) is 0 Å². The quantitative estimate of drug-likeness (QED) is 0.524. The molecule has 14 heavy (non-hydrogen) atoms. The predicted octanol–water partition coefficient (Wildman–Crippen LogP) is 2.02. The average Bonchev–Trinajstić information content (AvgIpc) is 2.66. The van der Waals surface area contributed by atoms with Crippen molar-refractivity contribution in [1.29, 1.82) is 0 Å². The van der Waals surface area contributed by atoms with Crippen molar-refractivity contribution in [2.24, 2.45) is 11.8 Å². The maximum Gasteiger partial charge on any atom is 0.122 e. The number of nitrogens with one attached hydrogen (secondary N) is 2. The molecule has 1 atom stereocenters. The van der Waals surface area contributed by atoms with Gasteiger partial charge in [-0.15, -0.1) is 23.2 Å². The lowest BCUT2D eigenvalue weighted by atomic mass is 10.2. The van der Waals surface area contributed by atoms with Crippen molar-refractivity contribution in [3.63, 3.8) is 0 Å². The first-order chi connectivity index (χ1) is 6.52. The summed E-state index contributed by atoms with van der Waals surface area (Å²) in [5.74, 6) is 1.17. The lowest BCUT2D eigenvalue weighted by molar-refractivity contribution is 0.529. The van der Waals surface area contributed by atoms with Gasteiger partial charge >= 0.3 is 0 Å². The number of hydrogen-bond acceptors (Lipinski definition) is 2. The van der Waals surface area contributed by atoms with Crippen LogP contribution in [0.15, 0.2) is 0 Å². The topological polar surface area (TPSA) is 24.1 Å². The first-order valence-electron chi connectivity index (χ1n) is 5.31. The largest absolute Gasteiger partial charge is 0.315 e. The molecular formula is C10H20Cl2N2. The lowest BCUT2D eigenvalue weighted by Gasteiger charge is -2.08. The second kappa shape index (κ2) is 5.55. The molecule has 0 saturated heterocycles. The third-order valence-corrected chi connectivity index (χ3v) is 3.30. The van der Waals surface area contributed by atoms with E-state index >= 15 is 0 Å². The second-order valence-electron chi connectivity index (χ2n) is 4.46. The van der Waals surface area contributed by atoms with Gasteiger partial charge in [0.05, 0.1) is 0 Å². The Morgan fingerprint density at radius 1 is 1.29 bits per heavy atom. The molecule has 0 aromatic rings. The Bertz CT molecular complexity index is 172. The van der Waals surface area contributed by atoms with Crippen LogP contribution in [-0.2, 0) is 0 Å². The molecule has 2 nitrogen and oxygen atoms in total. The fourth-order valence-electron chi connectivity index (χ4n) is 1.33. The first kappa shape index (κ1) is 12.6. The first-order valence-corrected chi connectivity index (χ1v) is 6.07. The maximum absolute atomic E-state index is 5.90. The van der Waals surface area contributed by atoms with Crippen LogP contribution in [0.25, 0.3) is 0 Å². The molecule has 1 rings (SSSR count). The van der Waals surface area contributed by atoms with Crippen LogP contribution >= 0.6 is 23.2 Å². The van der Waals surface area contributed by atoms with Crippen molar-refractivity contribution in [3.8, 4) is 0 Å². The van der Waals surface area contributed by atoms with E-state index < -0.39 is 4.33 Å². The van der Waals surface area contributed by atoms with Crippen LogP contribution in [0.5, 0.6) is 0 Å². The van der Waals surface area contributed by atoms with E-state index in [1.165, 1.54) is 0 Å². The summed E-state index contributed by atoms with van der Waals surface area (Å²) in [4.78, 5) is 0. The Hall–Kier alpha value is 0.500. The minimum absolute atomic E-state index is 0.432. The van der Waals surface area contributed by atoms with E-state index in [1.807, 2.05) is 0 Å². The summed E-state index contributed by atoms with van der Waals surface area (Å²) in [6.45, 7) is 8.45. The van der Waals surface area contributed by atoms with Gasteiger partial charge in [-0.25, -0.2) is 0 Å². The predicted molar refractivity (Wildman–Crippen MR) is 63.1 cm³/mol. The van der Waals surface area contributed by atoms with Gasteiger partial charge in [-0.2, -0.15) is 0 Å². The molecule has 84 valence electrons. The Labute approximate surface area is 96.7 Å². The van der Waals surface area contributed by atoms with Gasteiger partial charge < -0.3 is 10.6 Å². The fraction of sp³-hybridized carbons (Fsp3) is 1.00. The molecule has 0 aliphatic heterocycles. The van der Waals surface area contributed by atoms with E-state index in [0.29, 0.717) is 5.92 Å². The molecular weight excluding hydrogens is 219 g/mol. The highest BCUT2D eigenvalue weighted by Crippen LogP contribution is 2.52. The number of hydrogen-bond donors (Lipinski definition) is 2. The van der Waals surface area contributed by atoms with Gasteiger partial charge in [-0.1, -0.05) is 13.8 Å². The molecule has 0 amide bonds. The highest BCUT2D eigenvalue weighted by atomic mass is 35.5.